The van der Waals surface area contributed by atoms with Crippen molar-refractivity contribution in [3.8, 4) is 17.2 Å². The second-order valence-electron chi connectivity index (χ2n) is 7.08. The van der Waals surface area contributed by atoms with Crippen molar-refractivity contribution in [2.75, 3.05) is 13.8 Å². The van der Waals surface area contributed by atoms with Gasteiger partial charge < -0.3 is 14.4 Å². The molecule has 1 amide bonds. The van der Waals surface area contributed by atoms with Crippen LogP contribution in [0.1, 0.15) is 32.9 Å². The number of nitrogens with zero attached hydrogens (tertiary/aromatic N) is 3. The lowest BCUT2D eigenvalue weighted by atomic mass is 10.1. The predicted octanol–water partition coefficient (Wildman–Crippen LogP) is 3.80. The molecule has 1 aromatic heterocycles. The highest BCUT2D eigenvalue weighted by molar-refractivity contribution is 5.94. The number of carbonyl (C=O) groups excluding carboxylic acids is 1. The number of para-hydroxylation sites is 1. The van der Waals surface area contributed by atoms with Gasteiger partial charge in [0.1, 0.15) is 0 Å². The highest BCUT2D eigenvalue weighted by Crippen LogP contribution is 2.33. The molecule has 1 aliphatic rings. The number of ether oxygens (including phenoxy) is 2. The van der Waals surface area contributed by atoms with E-state index < -0.39 is 0 Å². The zero-order chi connectivity index (χ0) is 19.8. The second kappa shape index (κ2) is 7.03. The van der Waals surface area contributed by atoms with E-state index in [0.717, 1.165) is 28.2 Å². The Labute approximate surface area is 164 Å². The number of carbonyl (C=O) groups is 1. The molecule has 0 radical (unpaired) electrons. The van der Waals surface area contributed by atoms with Crippen LogP contribution in [0.5, 0.6) is 11.5 Å². The van der Waals surface area contributed by atoms with Crippen LogP contribution in [0.4, 0.5) is 0 Å². The molecule has 144 valence electrons. The van der Waals surface area contributed by atoms with Gasteiger partial charge in [-0.3, -0.25) is 4.79 Å². The van der Waals surface area contributed by atoms with Crippen LogP contribution in [0.25, 0.3) is 5.69 Å². The Morgan fingerprint density at radius 3 is 2.64 bits per heavy atom. The molecule has 6 heteroatoms. The molecule has 0 aliphatic carbocycles. The molecule has 0 N–H and O–H groups in total. The van der Waals surface area contributed by atoms with E-state index >= 15 is 0 Å². The molecule has 0 spiro atoms. The minimum atomic E-state index is -0.0688. The van der Waals surface area contributed by atoms with Gasteiger partial charge in [-0.15, -0.1) is 0 Å². The smallest absolute Gasteiger partial charge is 0.254 e. The standard InChI is InChI=1S/C22H23N3O3/c1-14-7-5-6-8-19(14)25-16(3)18(15(2)23-25)12-24(4)22(26)17-9-10-20-21(11-17)28-13-27-20/h5-11H,12-13H2,1-4H3. The Kier molecular flexibility index (Phi) is 4.55. The van der Waals surface area contributed by atoms with Crippen molar-refractivity contribution in [1.29, 1.82) is 0 Å². The van der Waals surface area contributed by atoms with E-state index in [-0.39, 0.29) is 12.7 Å². The SMILES string of the molecule is Cc1ccccc1-n1nc(C)c(CN(C)C(=O)c2ccc3c(c2)OCO3)c1C. The first kappa shape index (κ1) is 18.1. The van der Waals surface area contributed by atoms with Crippen molar-refractivity contribution >= 4 is 5.91 Å². The molecule has 2 heterocycles. The first-order chi connectivity index (χ1) is 13.5. The van der Waals surface area contributed by atoms with Gasteiger partial charge in [-0.25, -0.2) is 4.68 Å². The molecule has 6 nitrogen and oxygen atoms in total. The number of amides is 1. The summed E-state index contributed by atoms with van der Waals surface area (Å²) in [4.78, 5) is 14.6. The number of rotatable bonds is 4. The Bertz CT molecular complexity index is 1060. The summed E-state index contributed by atoms with van der Waals surface area (Å²) in [5, 5.41) is 4.72. The molecular weight excluding hydrogens is 354 g/mol. The fourth-order valence-electron chi connectivity index (χ4n) is 3.50. The fourth-order valence-corrected chi connectivity index (χ4v) is 3.50. The highest BCUT2D eigenvalue weighted by Gasteiger charge is 2.21. The summed E-state index contributed by atoms with van der Waals surface area (Å²) in [6, 6.07) is 13.4. The van der Waals surface area contributed by atoms with Gasteiger partial charge in [0.05, 0.1) is 11.4 Å². The average molecular weight is 377 g/mol. The lowest BCUT2D eigenvalue weighted by Gasteiger charge is -2.18. The maximum atomic E-state index is 12.9. The van der Waals surface area contributed by atoms with E-state index in [1.165, 1.54) is 0 Å². The molecule has 0 saturated carbocycles. The van der Waals surface area contributed by atoms with Gasteiger partial charge in [0.25, 0.3) is 5.91 Å². The molecule has 2 aromatic carbocycles. The Balaban J connectivity index is 1.59. The Morgan fingerprint density at radius 2 is 1.86 bits per heavy atom. The molecule has 0 saturated heterocycles. The largest absolute Gasteiger partial charge is 0.454 e. The van der Waals surface area contributed by atoms with E-state index in [0.29, 0.717) is 23.6 Å². The number of hydrogen-bond acceptors (Lipinski definition) is 4. The van der Waals surface area contributed by atoms with Gasteiger partial charge in [-0.1, -0.05) is 18.2 Å². The van der Waals surface area contributed by atoms with Gasteiger partial charge >= 0.3 is 0 Å². The van der Waals surface area contributed by atoms with E-state index in [1.54, 1.807) is 30.1 Å². The van der Waals surface area contributed by atoms with Crippen molar-refractivity contribution in [3.63, 3.8) is 0 Å². The van der Waals surface area contributed by atoms with Gasteiger partial charge in [0.2, 0.25) is 6.79 Å². The van der Waals surface area contributed by atoms with Gasteiger partial charge in [-0.2, -0.15) is 5.10 Å². The summed E-state index contributed by atoms with van der Waals surface area (Å²) < 4.78 is 12.7. The van der Waals surface area contributed by atoms with Gasteiger partial charge in [0, 0.05) is 30.4 Å². The maximum absolute atomic E-state index is 12.9. The predicted molar refractivity (Wildman–Crippen MR) is 106 cm³/mol. The molecule has 0 bridgehead atoms. The third-order valence-corrected chi connectivity index (χ3v) is 5.15. The zero-order valence-corrected chi connectivity index (χ0v) is 16.5. The third-order valence-electron chi connectivity index (χ3n) is 5.15. The van der Waals surface area contributed by atoms with Crippen LogP contribution < -0.4 is 9.47 Å². The summed E-state index contributed by atoms with van der Waals surface area (Å²) in [7, 11) is 1.80. The first-order valence-electron chi connectivity index (χ1n) is 9.22. The minimum Gasteiger partial charge on any atom is -0.454 e. The van der Waals surface area contributed by atoms with Crippen LogP contribution in [0, 0.1) is 20.8 Å². The lowest BCUT2D eigenvalue weighted by Crippen LogP contribution is -2.26. The van der Waals surface area contributed by atoms with E-state index in [2.05, 4.69) is 19.1 Å². The van der Waals surface area contributed by atoms with Crippen LogP contribution in [-0.4, -0.2) is 34.4 Å². The average Bonchev–Trinajstić information content (AvgIpc) is 3.27. The zero-order valence-electron chi connectivity index (χ0n) is 16.5. The van der Waals surface area contributed by atoms with Crippen LogP contribution in [0.15, 0.2) is 42.5 Å². The summed E-state index contributed by atoms with van der Waals surface area (Å²) in [6.07, 6.45) is 0. The number of benzene rings is 2. The fraction of sp³-hybridized carbons (Fsp3) is 0.273. The van der Waals surface area contributed by atoms with Crippen molar-refractivity contribution in [2.45, 2.75) is 27.3 Å². The van der Waals surface area contributed by atoms with Crippen molar-refractivity contribution in [1.82, 2.24) is 14.7 Å². The summed E-state index contributed by atoms with van der Waals surface area (Å²) in [5.74, 6) is 1.21. The van der Waals surface area contributed by atoms with E-state index in [9.17, 15) is 4.79 Å². The normalized spacial score (nSPS) is 12.3. The van der Waals surface area contributed by atoms with Crippen molar-refractivity contribution in [3.05, 3.63) is 70.5 Å². The highest BCUT2D eigenvalue weighted by atomic mass is 16.7. The maximum Gasteiger partial charge on any atom is 0.254 e. The molecule has 28 heavy (non-hydrogen) atoms. The monoisotopic (exact) mass is 377 g/mol. The van der Waals surface area contributed by atoms with Crippen LogP contribution in [0.2, 0.25) is 0 Å². The number of fused-ring (bicyclic) bond motifs is 1. The van der Waals surface area contributed by atoms with Crippen LogP contribution in [0.3, 0.4) is 0 Å². The summed E-state index contributed by atoms with van der Waals surface area (Å²) >= 11 is 0. The molecule has 4 rings (SSSR count). The summed E-state index contributed by atoms with van der Waals surface area (Å²) in [5.41, 5.74) is 5.81. The number of aromatic nitrogens is 2. The van der Waals surface area contributed by atoms with Crippen LogP contribution >= 0.6 is 0 Å². The number of aryl methyl sites for hydroxylation is 2. The molecule has 0 atom stereocenters. The van der Waals surface area contributed by atoms with Crippen LogP contribution in [-0.2, 0) is 6.54 Å². The van der Waals surface area contributed by atoms with Crippen molar-refractivity contribution < 1.29 is 14.3 Å². The molecule has 3 aromatic rings. The molecular formula is C22H23N3O3. The van der Waals surface area contributed by atoms with Gasteiger partial charge in [-0.05, 0) is 50.6 Å². The van der Waals surface area contributed by atoms with E-state index in [1.807, 2.05) is 30.7 Å². The lowest BCUT2D eigenvalue weighted by molar-refractivity contribution is 0.0784. The molecule has 1 aliphatic heterocycles. The Hall–Kier alpha value is -3.28. The minimum absolute atomic E-state index is 0.0688. The third kappa shape index (κ3) is 3.11. The van der Waals surface area contributed by atoms with Crippen molar-refractivity contribution in [2.24, 2.45) is 0 Å². The summed E-state index contributed by atoms with van der Waals surface area (Å²) in [6.45, 7) is 6.77. The van der Waals surface area contributed by atoms with Gasteiger partial charge in [0.15, 0.2) is 11.5 Å². The quantitative estimate of drug-likeness (QED) is 0.694. The molecule has 0 unspecified atom stereocenters. The first-order valence-corrected chi connectivity index (χ1v) is 9.22. The molecule has 0 fully saturated rings. The topological polar surface area (TPSA) is 56.6 Å². The second-order valence-corrected chi connectivity index (χ2v) is 7.08. The Morgan fingerprint density at radius 1 is 1.11 bits per heavy atom. The number of hydrogen-bond donors (Lipinski definition) is 0. The van der Waals surface area contributed by atoms with E-state index in [4.69, 9.17) is 14.6 Å².